The molecular weight excluding hydrogens is 242 g/mol. The number of nitrogens with one attached hydrogen (secondary N) is 1. The van der Waals surface area contributed by atoms with Crippen LogP contribution in [-0.2, 0) is 0 Å². The highest BCUT2D eigenvalue weighted by molar-refractivity contribution is 5.79. The molecule has 0 heterocycles. The van der Waals surface area contributed by atoms with Gasteiger partial charge < -0.3 is 15.8 Å². The first-order valence-corrected chi connectivity index (χ1v) is 5.53. The van der Waals surface area contributed by atoms with Gasteiger partial charge in [-0.2, -0.15) is 10.5 Å². The SMILES string of the molecule is CCOc1ccccc1NC=NC(C#N)=C(N)C#N. The van der Waals surface area contributed by atoms with Gasteiger partial charge in [0.25, 0.3) is 0 Å². The number of ether oxygens (including phenoxy) is 1. The minimum absolute atomic E-state index is 0.135. The zero-order chi connectivity index (χ0) is 14.1. The Bertz CT molecular complexity index is 577. The summed E-state index contributed by atoms with van der Waals surface area (Å²) in [5.41, 5.74) is 5.67. The largest absolute Gasteiger partial charge is 0.492 e. The quantitative estimate of drug-likeness (QED) is 0.473. The topological polar surface area (TPSA) is 107 Å². The van der Waals surface area contributed by atoms with Crippen molar-refractivity contribution in [1.29, 1.82) is 10.5 Å². The lowest BCUT2D eigenvalue weighted by Crippen LogP contribution is -2.02. The molecule has 0 aromatic heterocycles. The van der Waals surface area contributed by atoms with Gasteiger partial charge in [0.05, 0.1) is 18.6 Å². The van der Waals surface area contributed by atoms with Gasteiger partial charge in [-0.3, -0.25) is 0 Å². The fourth-order valence-corrected chi connectivity index (χ4v) is 1.25. The molecule has 1 aromatic rings. The summed E-state index contributed by atoms with van der Waals surface area (Å²) >= 11 is 0. The Morgan fingerprint density at radius 3 is 2.79 bits per heavy atom. The van der Waals surface area contributed by atoms with E-state index in [0.29, 0.717) is 18.0 Å². The van der Waals surface area contributed by atoms with E-state index in [1.807, 2.05) is 25.1 Å². The van der Waals surface area contributed by atoms with Gasteiger partial charge in [0, 0.05) is 0 Å². The van der Waals surface area contributed by atoms with Crippen LogP contribution in [0.2, 0.25) is 0 Å². The van der Waals surface area contributed by atoms with Gasteiger partial charge in [-0.05, 0) is 19.1 Å². The molecule has 0 aliphatic carbocycles. The first-order valence-electron chi connectivity index (χ1n) is 5.53. The number of aliphatic imine (C=N–C) groups is 1. The number of para-hydroxylation sites is 2. The highest BCUT2D eigenvalue weighted by Gasteiger charge is 2.01. The van der Waals surface area contributed by atoms with Crippen LogP contribution in [0.25, 0.3) is 0 Å². The summed E-state index contributed by atoms with van der Waals surface area (Å²) < 4.78 is 5.41. The fraction of sp³-hybridized carbons (Fsp3) is 0.154. The van der Waals surface area contributed by atoms with Crippen molar-refractivity contribution in [2.45, 2.75) is 6.92 Å². The second-order valence-corrected chi connectivity index (χ2v) is 3.32. The first-order chi connectivity index (χ1) is 9.22. The fourth-order valence-electron chi connectivity index (χ4n) is 1.25. The normalized spacial score (nSPS) is 11.3. The molecule has 19 heavy (non-hydrogen) atoms. The van der Waals surface area contributed by atoms with Crippen molar-refractivity contribution in [3.8, 4) is 17.9 Å². The molecule has 0 atom stereocenters. The summed E-state index contributed by atoms with van der Waals surface area (Å²) in [6, 6.07) is 10.7. The Morgan fingerprint density at radius 2 is 2.16 bits per heavy atom. The zero-order valence-corrected chi connectivity index (χ0v) is 10.4. The van der Waals surface area contributed by atoms with E-state index in [1.54, 1.807) is 18.2 Å². The molecule has 1 aromatic carbocycles. The lowest BCUT2D eigenvalue weighted by atomic mass is 10.3. The number of nitrogens with zero attached hydrogens (tertiary/aromatic N) is 3. The van der Waals surface area contributed by atoms with E-state index in [4.69, 9.17) is 21.0 Å². The molecule has 3 N–H and O–H groups in total. The maximum atomic E-state index is 8.76. The molecule has 0 amide bonds. The number of nitriles is 2. The van der Waals surface area contributed by atoms with E-state index in [9.17, 15) is 0 Å². The van der Waals surface area contributed by atoms with Crippen molar-refractivity contribution >= 4 is 12.0 Å². The van der Waals surface area contributed by atoms with Crippen molar-refractivity contribution in [2.24, 2.45) is 10.7 Å². The summed E-state index contributed by atoms with van der Waals surface area (Å²) in [5.74, 6) is 0.673. The third-order valence-corrected chi connectivity index (χ3v) is 2.08. The molecule has 96 valence electrons. The number of nitrogens with two attached hydrogens (primary N) is 1. The van der Waals surface area contributed by atoms with E-state index in [-0.39, 0.29) is 11.4 Å². The third-order valence-electron chi connectivity index (χ3n) is 2.08. The van der Waals surface area contributed by atoms with Gasteiger partial charge in [-0.15, -0.1) is 0 Å². The van der Waals surface area contributed by atoms with Crippen LogP contribution in [0.1, 0.15) is 6.92 Å². The van der Waals surface area contributed by atoms with Crippen molar-refractivity contribution in [2.75, 3.05) is 11.9 Å². The maximum Gasteiger partial charge on any atom is 0.175 e. The highest BCUT2D eigenvalue weighted by atomic mass is 16.5. The molecule has 0 unspecified atom stereocenters. The molecule has 1 rings (SSSR count). The van der Waals surface area contributed by atoms with Gasteiger partial charge >= 0.3 is 0 Å². The number of anilines is 1. The molecule has 0 fully saturated rings. The van der Waals surface area contributed by atoms with E-state index in [0.717, 1.165) is 0 Å². The van der Waals surface area contributed by atoms with E-state index in [1.165, 1.54) is 6.34 Å². The average Bonchev–Trinajstić information content (AvgIpc) is 2.45. The molecule has 0 radical (unpaired) electrons. The molecule has 0 bridgehead atoms. The lowest BCUT2D eigenvalue weighted by Gasteiger charge is -2.08. The molecular formula is C13H13N5O. The molecule has 0 saturated carbocycles. The first kappa shape index (κ1) is 14.1. The van der Waals surface area contributed by atoms with Crippen LogP contribution in [0.4, 0.5) is 5.69 Å². The van der Waals surface area contributed by atoms with Crippen LogP contribution >= 0.6 is 0 Å². The van der Waals surface area contributed by atoms with E-state index < -0.39 is 0 Å². The zero-order valence-electron chi connectivity index (χ0n) is 10.4. The van der Waals surface area contributed by atoms with E-state index >= 15 is 0 Å². The smallest absolute Gasteiger partial charge is 0.175 e. The van der Waals surface area contributed by atoms with Crippen LogP contribution in [0.3, 0.4) is 0 Å². The molecule has 6 heteroatoms. The Morgan fingerprint density at radius 1 is 1.42 bits per heavy atom. The van der Waals surface area contributed by atoms with Crippen molar-refractivity contribution in [3.05, 3.63) is 35.7 Å². The molecule has 6 nitrogen and oxygen atoms in total. The predicted octanol–water partition coefficient (Wildman–Crippen LogP) is 1.74. The van der Waals surface area contributed by atoms with Gasteiger partial charge in [-0.25, -0.2) is 4.99 Å². The molecule has 0 aliphatic heterocycles. The van der Waals surface area contributed by atoms with Crippen LogP contribution in [0.15, 0.2) is 40.7 Å². The Balaban J connectivity index is 2.83. The van der Waals surface area contributed by atoms with Crippen LogP contribution in [0.5, 0.6) is 5.75 Å². The van der Waals surface area contributed by atoms with Crippen molar-refractivity contribution in [1.82, 2.24) is 0 Å². The number of allylic oxidation sites excluding steroid dienone is 2. The van der Waals surface area contributed by atoms with Gasteiger partial charge in [0.15, 0.2) is 5.70 Å². The monoisotopic (exact) mass is 255 g/mol. The van der Waals surface area contributed by atoms with Crippen LogP contribution in [0, 0.1) is 22.7 Å². The summed E-state index contributed by atoms with van der Waals surface area (Å²) in [6.45, 7) is 2.43. The number of hydrogen-bond donors (Lipinski definition) is 2. The summed E-state index contributed by atoms with van der Waals surface area (Å²) in [4.78, 5) is 3.79. The standard InChI is InChI=1S/C13H13N5O/c1-2-19-13-6-4-3-5-11(13)17-9-18-12(8-15)10(16)7-14/h3-6,9H,2,16H2,1H3,(H,17,18). The van der Waals surface area contributed by atoms with Crippen molar-refractivity contribution < 1.29 is 4.74 Å². The molecule has 0 spiro atoms. The second kappa shape index (κ2) is 7.36. The van der Waals surface area contributed by atoms with Gasteiger partial charge in [0.2, 0.25) is 0 Å². The van der Waals surface area contributed by atoms with E-state index in [2.05, 4.69) is 10.3 Å². The molecule has 0 aliphatic rings. The van der Waals surface area contributed by atoms with Crippen LogP contribution < -0.4 is 15.8 Å². The lowest BCUT2D eigenvalue weighted by molar-refractivity contribution is 0.342. The number of benzene rings is 1. The number of hydrogen-bond acceptors (Lipinski definition) is 5. The minimum atomic E-state index is -0.223. The maximum absolute atomic E-state index is 8.76. The van der Waals surface area contributed by atoms with Crippen molar-refractivity contribution in [3.63, 3.8) is 0 Å². The second-order valence-electron chi connectivity index (χ2n) is 3.32. The van der Waals surface area contributed by atoms with Gasteiger partial charge in [0.1, 0.15) is 23.6 Å². The third kappa shape index (κ3) is 4.06. The Kier molecular flexibility index (Phi) is 5.45. The minimum Gasteiger partial charge on any atom is -0.492 e. The highest BCUT2D eigenvalue weighted by Crippen LogP contribution is 2.22. The van der Waals surface area contributed by atoms with Crippen LogP contribution in [-0.4, -0.2) is 12.9 Å². The molecule has 0 saturated heterocycles. The summed E-state index contributed by atoms with van der Waals surface area (Å²) in [6.07, 6.45) is 1.29. The Hall–Kier alpha value is -2.99. The average molecular weight is 255 g/mol. The summed E-state index contributed by atoms with van der Waals surface area (Å²) in [7, 11) is 0. The summed E-state index contributed by atoms with van der Waals surface area (Å²) in [5, 5.41) is 20.2. The predicted molar refractivity (Wildman–Crippen MR) is 72.2 cm³/mol. The van der Waals surface area contributed by atoms with Gasteiger partial charge in [-0.1, -0.05) is 12.1 Å². The Labute approximate surface area is 111 Å². The number of rotatable bonds is 5.